The van der Waals surface area contributed by atoms with Gasteiger partial charge in [-0.05, 0) is 42.8 Å². The van der Waals surface area contributed by atoms with Gasteiger partial charge in [0.2, 0.25) is 0 Å². The molecule has 0 saturated heterocycles. The molecule has 3 aromatic rings. The van der Waals surface area contributed by atoms with Crippen LogP contribution in [-0.4, -0.2) is 44.6 Å². The molecular weight excluding hydrogens is 547 g/mol. The third-order valence-electron chi connectivity index (χ3n) is 5.90. The number of benzene rings is 2. The lowest BCUT2D eigenvalue weighted by Crippen LogP contribution is -2.40. The Kier molecular flexibility index (Phi) is 9.01. The number of hydrogen-bond acceptors (Lipinski definition) is 8. The van der Waals surface area contributed by atoms with Crippen LogP contribution in [0, 0.1) is 5.82 Å². The summed E-state index contributed by atoms with van der Waals surface area (Å²) in [7, 11) is 2.99. The molecule has 2 aromatic carbocycles. The summed E-state index contributed by atoms with van der Waals surface area (Å²) in [5, 5.41) is 0.163. The van der Waals surface area contributed by atoms with Gasteiger partial charge in [0.05, 0.1) is 40.6 Å². The fourth-order valence-corrected chi connectivity index (χ4v) is 5.34. The number of halogens is 2. The number of carbonyl (C=O) groups is 1. The molecule has 1 atom stereocenters. The molecule has 0 spiro atoms. The zero-order valence-electron chi connectivity index (χ0n) is 21.5. The van der Waals surface area contributed by atoms with Crippen molar-refractivity contribution in [3.63, 3.8) is 0 Å². The van der Waals surface area contributed by atoms with Gasteiger partial charge in [0.25, 0.3) is 5.56 Å². The van der Waals surface area contributed by atoms with E-state index >= 15 is 0 Å². The number of fused-ring (bicyclic) bond motifs is 1. The number of ether oxygens (including phenoxy) is 4. The van der Waals surface area contributed by atoms with E-state index in [0.29, 0.717) is 27.6 Å². The Labute approximate surface area is 232 Å². The summed E-state index contributed by atoms with van der Waals surface area (Å²) in [6, 6.07) is 8.49. The number of rotatable bonds is 10. The molecular formula is C28H26ClFN2O6S. The zero-order chi connectivity index (χ0) is 28.1. The maximum absolute atomic E-state index is 14.5. The number of allylic oxidation sites excluding steroid dienone is 1. The molecule has 204 valence electrons. The van der Waals surface area contributed by atoms with Crippen LogP contribution in [-0.2, 0) is 14.3 Å². The third-order valence-corrected chi connectivity index (χ3v) is 7.21. The predicted octanol–water partition coefficient (Wildman–Crippen LogP) is 3.79. The Balaban J connectivity index is 1.93. The Morgan fingerprint density at radius 3 is 2.72 bits per heavy atom. The maximum atomic E-state index is 14.5. The molecule has 1 aliphatic rings. The van der Waals surface area contributed by atoms with Crippen LogP contribution in [0.2, 0.25) is 5.02 Å². The van der Waals surface area contributed by atoms with Crippen LogP contribution in [0.5, 0.6) is 11.5 Å². The van der Waals surface area contributed by atoms with Crippen LogP contribution in [0.1, 0.15) is 24.1 Å². The second-order valence-corrected chi connectivity index (χ2v) is 9.77. The molecule has 1 aliphatic heterocycles. The lowest BCUT2D eigenvalue weighted by atomic mass is 9.95. The lowest BCUT2D eigenvalue weighted by Gasteiger charge is -2.25. The summed E-state index contributed by atoms with van der Waals surface area (Å²) in [6.45, 7) is 5.81. The Bertz CT molecular complexity index is 1610. The molecule has 2 heterocycles. The van der Waals surface area contributed by atoms with E-state index < -0.39 is 23.4 Å². The molecule has 1 unspecified atom stereocenters. The Hall–Kier alpha value is -3.73. The molecule has 0 N–H and O–H groups in total. The van der Waals surface area contributed by atoms with Crippen molar-refractivity contribution >= 4 is 35.0 Å². The van der Waals surface area contributed by atoms with Crippen molar-refractivity contribution in [1.82, 2.24) is 4.57 Å². The summed E-state index contributed by atoms with van der Waals surface area (Å²) >= 11 is 7.27. The second kappa shape index (κ2) is 12.4. The predicted molar refractivity (Wildman–Crippen MR) is 147 cm³/mol. The van der Waals surface area contributed by atoms with Crippen molar-refractivity contribution in [2.45, 2.75) is 13.0 Å². The van der Waals surface area contributed by atoms with Crippen molar-refractivity contribution in [3.05, 3.63) is 102 Å². The SMILES string of the molecule is C=CCOc1ccc(C2C(C(=O)OCCOC)=C(C)N=c3sc(=Cc4c(F)cccc4Cl)c(=O)n32)cc1OC. The standard InChI is InChI=1S/C28H26ClFN2O6S/c1-5-11-37-21-10-9-17(14-22(21)36-4)25-24(27(34)38-13-12-35-3)16(2)31-28-32(25)26(33)23(39-28)15-18-19(29)7-6-8-20(18)30/h5-10,14-15,25H,1,11-13H2,2-4H3. The number of methoxy groups -OCH3 is 2. The quantitative estimate of drug-likeness (QED) is 0.209. The topological polar surface area (TPSA) is 88.4 Å². The van der Waals surface area contributed by atoms with Crippen molar-refractivity contribution in [2.24, 2.45) is 4.99 Å². The molecule has 39 heavy (non-hydrogen) atoms. The molecule has 1 aromatic heterocycles. The molecule has 4 rings (SSSR count). The van der Waals surface area contributed by atoms with Crippen LogP contribution >= 0.6 is 22.9 Å². The average Bonchev–Trinajstić information content (AvgIpc) is 3.22. The lowest BCUT2D eigenvalue weighted by molar-refractivity contribution is -0.140. The van der Waals surface area contributed by atoms with Gasteiger partial charge in [0, 0.05) is 12.7 Å². The van der Waals surface area contributed by atoms with Gasteiger partial charge in [-0.2, -0.15) is 0 Å². The largest absolute Gasteiger partial charge is 0.493 e. The van der Waals surface area contributed by atoms with Gasteiger partial charge in [-0.25, -0.2) is 14.2 Å². The van der Waals surface area contributed by atoms with Gasteiger partial charge in [-0.15, -0.1) is 0 Å². The normalized spacial score (nSPS) is 15.0. The highest BCUT2D eigenvalue weighted by Crippen LogP contribution is 2.36. The second-order valence-electron chi connectivity index (χ2n) is 8.36. The smallest absolute Gasteiger partial charge is 0.338 e. The molecule has 0 amide bonds. The molecule has 8 nitrogen and oxygen atoms in total. The molecule has 0 bridgehead atoms. The van der Waals surface area contributed by atoms with Crippen LogP contribution < -0.4 is 24.4 Å². The van der Waals surface area contributed by atoms with E-state index in [1.54, 1.807) is 31.2 Å². The number of hydrogen-bond donors (Lipinski definition) is 0. The summed E-state index contributed by atoms with van der Waals surface area (Å²) in [4.78, 5) is 31.9. The van der Waals surface area contributed by atoms with E-state index in [9.17, 15) is 14.0 Å². The van der Waals surface area contributed by atoms with Crippen molar-refractivity contribution < 1.29 is 28.1 Å². The minimum Gasteiger partial charge on any atom is -0.493 e. The minimum absolute atomic E-state index is 0.0205. The highest BCUT2D eigenvalue weighted by molar-refractivity contribution is 7.07. The first-order chi connectivity index (χ1) is 18.8. The highest BCUT2D eigenvalue weighted by Gasteiger charge is 2.34. The van der Waals surface area contributed by atoms with E-state index in [4.69, 9.17) is 30.5 Å². The van der Waals surface area contributed by atoms with Crippen LogP contribution in [0.4, 0.5) is 4.39 Å². The minimum atomic E-state index is -0.906. The number of thiazole rings is 1. The maximum Gasteiger partial charge on any atom is 0.338 e. The van der Waals surface area contributed by atoms with Crippen LogP contribution in [0.15, 0.2) is 70.1 Å². The fraction of sp³-hybridized carbons (Fsp3) is 0.250. The molecule has 0 aliphatic carbocycles. The summed E-state index contributed by atoms with van der Waals surface area (Å²) in [5.74, 6) is -0.344. The van der Waals surface area contributed by atoms with Gasteiger partial charge in [-0.3, -0.25) is 9.36 Å². The van der Waals surface area contributed by atoms with E-state index in [0.717, 1.165) is 11.3 Å². The summed E-state index contributed by atoms with van der Waals surface area (Å²) in [5.41, 5.74) is 0.730. The van der Waals surface area contributed by atoms with Gasteiger partial charge >= 0.3 is 5.97 Å². The molecule has 0 radical (unpaired) electrons. The Morgan fingerprint density at radius 2 is 2.03 bits per heavy atom. The summed E-state index contributed by atoms with van der Waals surface area (Å²) in [6.07, 6.45) is 2.99. The van der Waals surface area contributed by atoms with E-state index in [2.05, 4.69) is 11.6 Å². The first-order valence-corrected chi connectivity index (χ1v) is 13.0. The first kappa shape index (κ1) is 28.3. The monoisotopic (exact) mass is 572 g/mol. The number of nitrogens with zero attached hydrogens (tertiary/aromatic N) is 2. The van der Waals surface area contributed by atoms with Crippen LogP contribution in [0.3, 0.4) is 0 Å². The van der Waals surface area contributed by atoms with E-state index in [1.807, 2.05) is 0 Å². The molecule has 0 fully saturated rings. The Morgan fingerprint density at radius 1 is 1.23 bits per heavy atom. The fourth-order valence-electron chi connectivity index (χ4n) is 4.10. The van der Waals surface area contributed by atoms with Gasteiger partial charge in [0.1, 0.15) is 19.0 Å². The molecule has 11 heteroatoms. The van der Waals surface area contributed by atoms with Gasteiger partial charge < -0.3 is 18.9 Å². The average molecular weight is 573 g/mol. The van der Waals surface area contributed by atoms with Crippen molar-refractivity contribution in [2.75, 3.05) is 34.0 Å². The van der Waals surface area contributed by atoms with Gasteiger partial charge in [0.15, 0.2) is 16.3 Å². The highest BCUT2D eigenvalue weighted by atomic mass is 35.5. The summed E-state index contributed by atoms with van der Waals surface area (Å²) < 4.78 is 37.7. The van der Waals surface area contributed by atoms with Crippen molar-refractivity contribution in [3.8, 4) is 11.5 Å². The van der Waals surface area contributed by atoms with Gasteiger partial charge in [-0.1, -0.05) is 47.7 Å². The zero-order valence-corrected chi connectivity index (χ0v) is 23.1. The number of carbonyl (C=O) groups excluding carboxylic acids is 1. The van der Waals surface area contributed by atoms with E-state index in [-0.39, 0.29) is 40.5 Å². The van der Waals surface area contributed by atoms with E-state index in [1.165, 1.54) is 43.1 Å². The van der Waals surface area contributed by atoms with Crippen LogP contribution in [0.25, 0.3) is 6.08 Å². The first-order valence-electron chi connectivity index (χ1n) is 11.8. The number of aromatic nitrogens is 1. The number of esters is 1. The molecule has 0 saturated carbocycles. The van der Waals surface area contributed by atoms with Crippen molar-refractivity contribution in [1.29, 1.82) is 0 Å². The third kappa shape index (κ3) is 5.83.